The molecule has 1 amide bonds. The highest BCUT2D eigenvalue weighted by Gasteiger charge is 2.22. The van der Waals surface area contributed by atoms with Crippen LogP contribution in [0, 0.1) is 11.6 Å². The van der Waals surface area contributed by atoms with Crippen molar-refractivity contribution in [3.63, 3.8) is 0 Å². The molecule has 0 bridgehead atoms. The van der Waals surface area contributed by atoms with Crippen molar-refractivity contribution in [2.24, 2.45) is 0 Å². The minimum Gasteiger partial charge on any atom is -0.287 e. The lowest BCUT2D eigenvalue weighted by atomic mass is 10.2. The van der Waals surface area contributed by atoms with Crippen LogP contribution in [-0.4, -0.2) is 54.2 Å². The maximum Gasteiger partial charge on any atom is 0.255 e. The third-order valence-corrected chi connectivity index (χ3v) is 5.86. The van der Waals surface area contributed by atoms with Crippen molar-refractivity contribution in [2.75, 3.05) is 19.8 Å². The average Bonchev–Trinajstić information content (AvgIpc) is 2.65. The fraction of sp³-hybridized carbons (Fsp3) is 0.167. The number of carbonyl (C=O) groups is 1. The van der Waals surface area contributed by atoms with Crippen molar-refractivity contribution in [2.45, 2.75) is 0 Å². The molecular weight excluding hydrogens is 454 g/mol. The summed E-state index contributed by atoms with van der Waals surface area (Å²) in [4.78, 5) is 14.4. The van der Waals surface area contributed by atoms with Gasteiger partial charge in [-0.25, -0.2) is 17.2 Å². The van der Waals surface area contributed by atoms with Gasteiger partial charge in [-0.1, -0.05) is 48.7 Å². The number of hydrogen-bond acceptors (Lipinski definition) is 5. The molecule has 7 nitrogen and oxygen atoms in total. The number of carbonyl (C=O) groups excluding carboxylic acids is 1. The van der Waals surface area contributed by atoms with Crippen molar-refractivity contribution >= 4 is 50.3 Å². The van der Waals surface area contributed by atoms with Crippen LogP contribution in [0.1, 0.15) is 11.1 Å². The summed E-state index contributed by atoms with van der Waals surface area (Å²) >= 11 is 10.3. The largest absolute Gasteiger partial charge is 0.287 e. The van der Waals surface area contributed by atoms with E-state index in [2.05, 4.69) is 10.3 Å². The Kier molecular flexibility index (Phi) is 7.89. The number of nitrogens with one attached hydrogen (secondary N) is 2. The zero-order valence-electron chi connectivity index (χ0n) is 15.9. The van der Waals surface area contributed by atoms with E-state index in [-0.39, 0.29) is 9.98 Å². The van der Waals surface area contributed by atoms with Crippen LogP contribution >= 0.6 is 24.4 Å². The molecule has 2 aromatic carbocycles. The van der Waals surface area contributed by atoms with Gasteiger partial charge in [0.25, 0.3) is 5.91 Å². The van der Waals surface area contributed by atoms with Gasteiger partial charge in [0.05, 0.1) is 0 Å². The van der Waals surface area contributed by atoms with Crippen molar-refractivity contribution in [1.29, 1.82) is 0 Å². The molecule has 0 fully saturated rings. The number of halogens is 2. The molecular formula is C18H18F2N4O3S3. The highest BCUT2D eigenvalue weighted by Crippen LogP contribution is 2.08. The third-order valence-electron chi connectivity index (χ3n) is 3.64. The Bertz CT molecular complexity index is 1080. The Balaban J connectivity index is 1.96. The summed E-state index contributed by atoms with van der Waals surface area (Å²) < 4.78 is 51.2. The monoisotopic (exact) mass is 472 g/mol. The number of amides is 1. The Hall–Kier alpha value is -2.54. The average molecular weight is 473 g/mol. The molecule has 30 heavy (non-hydrogen) atoms. The molecule has 0 aliphatic rings. The predicted octanol–water partition coefficient (Wildman–Crippen LogP) is 1.75. The van der Waals surface area contributed by atoms with Gasteiger partial charge < -0.3 is 0 Å². The Morgan fingerprint density at radius 1 is 0.933 bits per heavy atom. The molecule has 0 heterocycles. The van der Waals surface area contributed by atoms with Crippen LogP contribution < -0.4 is 10.3 Å². The van der Waals surface area contributed by atoms with Crippen LogP contribution in [0.4, 0.5) is 8.78 Å². The minimum atomic E-state index is -4.13. The number of hydrogen-bond donors (Lipinski definition) is 2. The minimum absolute atomic E-state index is 0.0166. The second kappa shape index (κ2) is 9.98. The van der Waals surface area contributed by atoms with Gasteiger partial charge in [0.2, 0.25) is 10.0 Å². The van der Waals surface area contributed by atoms with Crippen LogP contribution in [0.5, 0.6) is 0 Å². The van der Waals surface area contributed by atoms with Gasteiger partial charge in [0.1, 0.15) is 27.4 Å². The number of thiocarbonyl (C=S) groups is 2. The fourth-order valence-electron chi connectivity index (χ4n) is 2.36. The van der Waals surface area contributed by atoms with Gasteiger partial charge in [0, 0.05) is 25.2 Å². The standard InChI is InChI=1S/C18H18F2N4O3S3/c1-23(17(28)12-5-3-7-14(19)9-12)21-16(25)11-30(26,27)22-24(2)18(29)13-6-4-8-15(20)10-13/h3-10,22H,11H2,1-2H3,(H,21,25). The number of sulfonamides is 1. The molecule has 0 radical (unpaired) electrons. The van der Waals surface area contributed by atoms with Crippen molar-refractivity contribution in [1.82, 2.24) is 20.3 Å². The summed E-state index contributed by atoms with van der Waals surface area (Å²) in [6.45, 7) is 0. The first kappa shape index (κ1) is 23.7. The summed E-state index contributed by atoms with van der Waals surface area (Å²) in [7, 11) is -1.41. The maximum atomic E-state index is 13.3. The number of hydrazine groups is 2. The molecule has 0 aromatic heterocycles. The van der Waals surface area contributed by atoms with E-state index in [9.17, 15) is 22.0 Å². The van der Waals surface area contributed by atoms with Crippen molar-refractivity contribution < 1.29 is 22.0 Å². The summed E-state index contributed by atoms with van der Waals surface area (Å²) in [5, 5.41) is 2.11. The van der Waals surface area contributed by atoms with Crippen LogP contribution in [-0.2, 0) is 14.8 Å². The maximum absolute atomic E-state index is 13.3. The van der Waals surface area contributed by atoms with E-state index in [4.69, 9.17) is 24.4 Å². The SMILES string of the molecule is CN(NC(=O)CS(=O)(=O)NN(C)C(=S)c1cccc(F)c1)C(=S)c1cccc(F)c1. The summed E-state index contributed by atoms with van der Waals surface area (Å²) in [5.41, 5.74) is 2.94. The molecule has 0 saturated heterocycles. The van der Waals surface area contributed by atoms with Gasteiger partial charge in [-0.05, 0) is 24.3 Å². The first-order valence-corrected chi connectivity index (χ1v) is 10.8. The summed E-state index contributed by atoms with van der Waals surface area (Å²) in [6, 6.07) is 10.8. The van der Waals surface area contributed by atoms with E-state index < -0.39 is 33.3 Å². The molecule has 2 N–H and O–H groups in total. The van der Waals surface area contributed by atoms with Crippen LogP contribution in [0.15, 0.2) is 48.5 Å². The highest BCUT2D eigenvalue weighted by atomic mass is 32.2. The number of nitrogens with zero attached hydrogens (tertiary/aromatic N) is 2. The van der Waals surface area contributed by atoms with Crippen LogP contribution in [0.2, 0.25) is 0 Å². The zero-order valence-corrected chi connectivity index (χ0v) is 18.4. The van der Waals surface area contributed by atoms with Crippen molar-refractivity contribution in [3.05, 3.63) is 71.3 Å². The third kappa shape index (κ3) is 6.76. The van der Waals surface area contributed by atoms with Crippen LogP contribution in [0.25, 0.3) is 0 Å². The lowest BCUT2D eigenvalue weighted by molar-refractivity contribution is -0.121. The molecule has 2 aromatic rings. The van der Waals surface area contributed by atoms with Crippen LogP contribution in [0.3, 0.4) is 0 Å². The molecule has 0 aliphatic carbocycles. The quantitative estimate of drug-likeness (QED) is 0.490. The molecule has 12 heteroatoms. The molecule has 0 aliphatic heterocycles. The molecule has 0 atom stereocenters. The van der Waals surface area contributed by atoms with Gasteiger partial charge in [0.15, 0.2) is 0 Å². The molecule has 0 unspecified atom stereocenters. The first-order valence-electron chi connectivity index (χ1n) is 8.35. The normalized spacial score (nSPS) is 10.9. The highest BCUT2D eigenvalue weighted by molar-refractivity contribution is 7.90. The van der Waals surface area contributed by atoms with E-state index in [0.717, 1.165) is 16.1 Å². The lowest BCUT2D eigenvalue weighted by Gasteiger charge is -2.23. The van der Waals surface area contributed by atoms with Gasteiger partial charge in [-0.15, -0.1) is 4.83 Å². The Morgan fingerprint density at radius 2 is 1.40 bits per heavy atom. The lowest BCUT2D eigenvalue weighted by Crippen LogP contribution is -2.49. The van der Waals surface area contributed by atoms with Gasteiger partial charge in [-0.2, -0.15) is 0 Å². The van der Waals surface area contributed by atoms with Gasteiger partial charge in [-0.3, -0.25) is 20.2 Å². The molecule has 2 rings (SSSR count). The Labute approximate surface area is 183 Å². The molecule has 160 valence electrons. The fourth-order valence-corrected chi connectivity index (χ4v) is 3.74. The smallest absolute Gasteiger partial charge is 0.255 e. The second-order valence-corrected chi connectivity index (χ2v) is 8.61. The Morgan fingerprint density at radius 3 is 1.87 bits per heavy atom. The second-order valence-electron chi connectivity index (χ2n) is 6.13. The van der Waals surface area contributed by atoms with E-state index >= 15 is 0 Å². The van der Waals surface area contributed by atoms with Gasteiger partial charge >= 0.3 is 0 Å². The topological polar surface area (TPSA) is 81.8 Å². The summed E-state index contributed by atoms with van der Waals surface area (Å²) in [6.07, 6.45) is 0. The first-order chi connectivity index (χ1) is 14.0. The molecule has 0 saturated carbocycles. The molecule has 0 spiro atoms. The van der Waals surface area contributed by atoms with E-state index in [1.165, 1.54) is 50.5 Å². The van der Waals surface area contributed by atoms with E-state index in [0.29, 0.717) is 11.1 Å². The summed E-state index contributed by atoms with van der Waals surface area (Å²) in [5.74, 6) is -2.84. The van der Waals surface area contributed by atoms with E-state index in [1.807, 2.05) is 0 Å². The number of rotatable bonds is 6. The number of benzene rings is 2. The predicted molar refractivity (Wildman–Crippen MR) is 117 cm³/mol. The zero-order chi connectivity index (χ0) is 22.5. The van der Waals surface area contributed by atoms with Crippen molar-refractivity contribution in [3.8, 4) is 0 Å². The van der Waals surface area contributed by atoms with E-state index in [1.54, 1.807) is 6.07 Å².